The molecule has 0 spiro atoms. The maximum Gasteiger partial charge on any atom is 0.522 e. The predicted octanol–water partition coefficient (Wildman–Crippen LogP) is 1.31. The molecular formula is C9H14F3N3O. The number of imidazole rings is 1. The molecule has 16 heavy (non-hydrogen) atoms. The lowest BCUT2D eigenvalue weighted by molar-refractivity contribution is -0.325. The van der Waals surface area contributed by atoms with E-state index in [9.17, 15) is 13.2 Å². The molecule has 0 saturated carbocycles. The number of alkyl halides is 3. The van der Waals surface area contributed by atoms with E-state index in [0.29, 0.717) is 6.42 Å². The van der Waals surface area contributed by atoms with Gasteiger partial charge in [0.15, 0.2) is 0 Å². The minimum atomic E-state index is -4.57. The van der Waals surface area contributed by atoms with E-state index in [4.69, 9.17) is 5.73 Å². The SMILES string of the molecule is CC(N)Cc1cn(CCOC(F)(F)F)cn1. The highest BCUT2D eigenvalue weighted by Crippen LogP contribution is 2.15. The summed E-state index contributed by atoms with van der Waals surface area (Å²) in [5.74, 6) is 0. The molecule has 1 heterocycles. The summed E-state index contributed by atoms with van der Waals surface area (Å²) >= 11 is 0. The van der Waals surface area contributed by atoms with Crippen LogP contribution in [0.4, 0.5) is 13.2 Å². The first-order valence-corrected chi connectivity index (χ1v) is 4.84. The van der Waals surface area contributed by atoms with Crippen LogP contribution in [0.25, 0.3) is 0 Å². The third kappa shape index (κ3) is 5.13. The number of nitrogens with two attached hydrogens (primary N) is 1. The summed E-state index contributed by atoms with van der Waals surface area (Å²) in [6.45, 7) is 1.54. The fourth-order valence-electron chi connectivity index (χ4n) is 1.23. The molecule has 0 aliphatic carbocycles. The van der Waals surface area contributed by atoms with E-state index >= 15 is 0 Å². The zero-order valence-corrected chi connectivity index (χ0v) is 8.87. The molecule has 1 atom stereocenters. The molecule has 92 valence electrons. The monoisotopic (exact) mass is 237 g/mol. The number of ether oxygens (including phenoxy) is 1. The van der Waals surface area contributed by atoms with Gasteiger partial charge in [0.05, 0.1) is 18.6 Å². The van der Waals surface area contributed by atoms with E-state index in [1.54, 1.807) is 10.8 Å². The van der Waals surface area contributed by atoms with Gasteiger partial charge in [-0.1, -0.05) is 0 Å². The first kappa shape index (κ1) is 13.0. The molecule has 2 N–H and O–H groups in total. The normalized spacial score (nSPS) is 14.1. The van der Waals surface area contributed by atoms with Crippen LogP contribution in [0.3, 0.4) is 0 Å². The highest BCUT2D eigenvalue weighted by Gasteiger charge is 2.28. The van der Waals surface area contributed by atoms with E-state index in [2.05, 4.69) is 9.72 Å². The molecule has 0 aliphatic rings. The van der Waals surface area contributed by atoms with Crippen molar-refractivity contribution in [3.63, 3.8) is 0 Å². The molecule has 0 radical (unpaired) electrons. The molecule has 0 amide bonds. The number of nitrogens with zero attached hydrogens (tertiary/aromatic N) is 2. The Kier molecular flexibility index (Phi) is 4.31. The highest BCUT2D eigenvalue weighted by molar-refractivity contribution is 4.98. The van der Waals surface area contributed by atoms with Crippen molar-refractivity contribution in [3.8, 4) is 0 Å². The molecular weight excluding hydrogens is 223 g/mol. The summed E-state index contributed by atoms with van der Waals surface area (Å²) in [5.41, 5.74) is 6.33. The summed E-state index contributed by atoms with van der Waals surface area (Å²) in [5, 5.41) is 0. The number of rotatable bonds is 5. The van der Waals surface area contributed by atoms with Gasteiger partial charge in [-0.15, -0.1) is 13.2 Å². The topological polar surface area (TPSA) is 53.1 Å². The van der Waals surface area contributed by atoms with Crippen molar-refractivity contribution in [3.05, 3.63) is 18.2 Å². The minimum Gasteiger partial charge on any atom is -0.335 e. The molecule has 0 aliphatic heterocycles. The van der Waals surface area contributed by atoms with Crippen LogP contribution in [-0.2, 0) is 17.7 Å². The standard InChI is InChI=1S/C9H14F3N3O/c1-7(13)4-8-5-15(6-14-8)2-3-16-9(10,11)12/h5-7H,2-4,13H2,1H3. The van der Waals surface area contributed by atoms with Crippen molar-refractivity contribution in [1.82, 2.24) is 9.55 Å². The van der Waals surface area contributed by atoms with Crippen LogP contribution in [0.15, 0.2) is 12.5 Å². The fraction of sp³-hybridized carbons (Fsp3) is 0.667. The van der Waals surface area contributed by atoms with E-state index in [1.807, 2.05) is 6.92 Å². The molecule has 0 saturated heterocycles. The summed E-state index contributed by atoms with van der Waals surface area (Å²) in [4.78, 5) is 4.02. The van der Waals surface area contributed by atoms with Gasteiger partial charge >= 0.3 is 6.36 Å². The lowest BCUT2D eigenvalue weighted by atomic mass is 10.2. The van der Waals surface area contributed by atoms with Gasteiger partial charge in [-0.25, -0.2) is 4.98 Å². The van der Waals surface area contributed by atoms with Crippen LogP contribution in [0.2, 0.25) is 0 Å². The van der Waals surface area contributed by atoms with E-state index in [1.165, 1.54) is 6.33 Å². The van der Waals surface area contributed by atoms with Gasteiger partial charge in [0.1, 0.15) is 0 Å². The highest BCUT2D eigenvalue weighted by atomic mass is 19.4. The second-order valence-corrected chi connectivity index (χ2v) is 3.58. The Balaban J connectivity index is 2.35. The first-order chi connectivity index (χ1) is 7.37. The predicted molar refractivity (Wildman–Crippen MR) is 51.6 cm³/mol. The molecule has 4 nitrogen and oxygen atoms in total. The average Bonchev–Trinajstić information content (AvgIpc) is 2.49. The second kappa shape index (κ2) is 5.31. The van der Waals surface area contributed by atoms with Crippen LogP contribution in [0, 0.1) is 0 Å². The van der Waals surface area contributed by atoms with Crippen LogP contribution in [0.5, 0.6) is 0 Å². The number of hydrogen-bond donors (Lipinski definition) is 1. The van der Waals surface area contributed by atoms with E-state index in [-0.39, 0.29) is 12.6 Å². The van der Waals surface area contributed by atoms with Crippen molar-refractivity contribution in [2.24, 2.45) is 5.73 Å². The molecule has 1 unspecified atom stereocenters. The summed E-state index contributed by atoms with van der Waals surface area (Å²) in [7, 11) is 0. The zero-order chi connectivity index (χ0) is 12.2. The average molecular weight is 237 g/mol. The van der Waals surface area contributed by atoms with E-state index < -0.39 is 13.0 Å². The Morgan fingerprint density at radius 1 is 1.56 bits per heavy atom. The Morgan fingerprint density at radius 3 is 2.81 bits per heavy atom. The van der Waals surface area contributed by atoms with Crippen molar-refractivity contribution in [1.29, 1.82) is 0 Å². The Labute approximate surface area is 91.2 Å². The van der Waals surface area contributed by atoms with Crippen molar-refractivity contribution in [2.45, 2.75) is 32.3 Å². The Hall–Kier alpha value is -1.08. The van der Waals surface area contributed by atoms with E-state index in [0.717, 1.165) is 5.69 Å². The zero-order valence-electron chi connectivity index (χ0n) is 8.87. The van der Waals surface area contributed by atoms with Gasteiger partial charge in [0.25, 0.3) is 0 Å². The van der Waals surface area contributed by atoms with Crippen LogP contribution < -0.4 is 5.73 Å². The Morgan fingerprint density at radius 2 is 2.25 bits per heavy atom. The van der Waals surface area contributed by atoms with Crippen molar-refractivity contribution < 1.29 is 17.9 Å². The number of halogens is 3. The summed E-state index contributed by atoms with van der Waals surface area (Å²) < 4.78 is 40.2. The van der Waals surface area contributed by atoms with Gasteiger partial charge in [0, 0.05) is 25.2 Å². The molecule has 0 fully saturated rings. The molecule has 1 aromatic rings. The molecule has 7 heteroatoms. The lowest BCUT2D eigenvalue weighted by Gasteiger charge is -2.07. The van der Waals surface area contributed by atoms with Crippen LogP contribution in [-0.4, -0.2) is 28.6 Å². The molecule has 0 bridgehead atoms. The quantitative estimate of drug-likeness (QED) is 0.840. The molecule has 1 rings (SSSR count). The van der Waals surface area contributed by atoms with Gasteiger partial charge in [-0.3, -0.25) is 4.74 Å². The maximum atomic E-state index is 11.7. The van der Waals surface area contributed by atoms with Crippen molar-refractivity contribution >= 4 is 0 Å². The van der Waals surface area contributed by atoms with Crippen molar-refractivity contribution in [2.75, 3.05) is 6.61 Å². The lowest BCUT2D eigenvalue weighted by Crippen LogP contribution is -2.18. The second-order valence-electron chi connectivity index (χ2n) is 3.58. The van der Waals surface area contributed by atoms with Gasteiger partial charge in [-0.05, 0) is 6.92 Å². The maximum absolute atomic E-state index is 11.7. The first-order valence-electron chi connectivity index (χ1n) is 4.84. The number of aromatic nitrogens is 2. The van der Waals surface area contributed by atoms with Crippen LogP contribution >= 0.6 is 0 Å². The minimum absolute atomic E-state index is 0.0187. The van der Waals surface area contributed by atoms with Gasteiger partial charge in [-0.2, -0.15) is 0 Å². The summed E-state index contributed by atoms with van der Waals surface area (Å²) in [6, 6.07) is -0.0187. The number of hydrogen-bond acceptors (Lipinski definition) is 3. The summed E-state index contributed by atoms with van der Waals surface area (Å²) in [6.07, 6.45) is -0.831. The molecule has 0 aromatic carbocycles. The fourth-order valence-corrected chi connectivity index (χ4v) is 1.23. The third-order valence-corrected chi connectivity index (χ3v) is 1.83. The Bertz CT molecular complexity index is 322. The molecule has 1 aromatic heterocycles. The third-order valence-electron chi connectivity index (χ3n) is 1.83. The smallest absolute Gasteiger partial charge is 0.335 e. The van der Waals surface area contributed by atoms with Gasteiger partial charge in [0.2, 0.25) is 0 Å². The van der Waals surface area contributed by atoms with Gasteiger partial charge < -0.3 is 10.3 Å². The largest absolute Gasteiger partial charge is 0.522 e. The van der Waals surface area contributed by atoms with Crippen LogP contribution in [0.1, 0.15) is 12.6 Å².